The van der Waals surface area contributed by atoms with Gasteiger partial charge >= 0.3 is 5.69 Å². The Labute approximate surface area is 89.6 Å². The Balaban J connectivity index is 3.41. The summed E-state index contributed by atoms with van der Waals surface area (Å²) in [7, 11) is 0. The molecule has 1 aromatic carbocycles. The van der Waals surface area contributed by atoms with Crippen molar-refractivity contribution >= 4 is 17.1 Å². The van der Waals surface area contributed by atoms with Crippen LogP contribution < -0.4 is 5.73 Å². The number of nitrogens with zero attached hydrogens (tertiary/aromatic N) is 2. The van der Waals surface area contributed by atoms with Crippen LogP contribution in [0.2, 0.25) is 0 Å². The zero-order valence-electron chi connectivity index (χ0n) is 8.12. The molecule has 0 fully saturated rings. The lowest BCUT2D eigenvalue weighted by Gasteiger charge is -2.04. The number of nitro groups is 2. The molecule has 16 heavy (non-hydrogen) atoms. The summed E-state index contributed by atoms with van der Waals surface area (Å²) < 4.78 is 0. The van der Waals surface area contributed by atoms with E-state index in [1.54, 1.807) is 0 Å². The number of benzene rings is 1. The van der Waals surface area contributed by atoms with Crippen molar-refractivity contribution in [2.75, 3.05) is 12.3 Å². The molecule has 86 valence electrons. The number of aliphatic hydroxyl groups excluding tert-OH is 1. The molecule has 1 aromatic rings. The van der Waals surface area contributed by atoms with Crippen LogP contribution in [0.25, 0.3) is 0 Å². The minimum atomic E-state index is -0.787. The molecule has 8 nitrogen and oxygen atoms in total. The number of aliphatic hydroxyl groups is 1. The van der Waals surface area contributed by atoms with E-state index < -0.39 is 26.9 Å². The number of nitrogen functional groups attached to an aromatic ring is 1. The van der Waals surface area contributed by atoms with E-state index in [0.29, 0.717) is 0 Å². The highest BCUT2D eigenvalue weighted by Gasteiger charge is 2.26. The Morgan fingerprint density at radius 3 is 2.31 bits per heavy atom. The molecular weight excluding hydrogens is 218 g/mol. The van der Waals surface area contributed by atoms with E-state index in [4.69, 9.17) is 10.8 Å². The second kappa shape index (κ2) is 4.53. The lowest BCUT2D eigenvalue weighted by Crippen LogP contribution is -2.05. The first kappa shape index (κ1) is 11.9. The van der Waals surface area contributed by atoms with Crippen molar-refractivity contribution < 1.29 is 15.0 Å². The lowest BCUT2D eigenvalue weighted by molar-refractivity contribution is -0.392. The van der Waals surface area contributed by atoms with Crippen LogP contribution in [-0.2, 0) is 6.42 Å². The predicted molar refractivity (Wildman–Crippen MR) is 55.0 cm³/mol. The Hall–Kier alpha value is -2.22. The van der Waals surface area contributed by atoms with Gasteiger partial charge in [-0.1, -0.05) is 0 Å². The molecule has 0 atom stereocenters. The number of hydrogen-bond acceptors (Lipinski definition) is 6. The first-order valence-electron chi connectivity index (χ1n) is 4.30. The van der Waals surface area contributed by atoms with E-state index in [1.807, 2.05) is 0 Å². The maximum Gasteiger partial charge on any atom is 0.302 e. The van der Waals surface area contributed by atoms with Crippen molar-refractivity contribution in [3.8, 4) is 0 Å². The van der Waals surface area contributed by atoms with E-state index in [1.165, 1.54) is 6.07 Å². The van der Waals surface area contributed by atoms with E-state index in [-0.39, 0.29) is 18.6 Å². The first-order valence-corrected chi connectivity index (χ1v) is 4.30. The molecular formula is C8H9N3O5. The van der Waals surface area contributed by atoms with Gasteiger partial charge in [-0.05, 0) is 6.07 Å². The molecule has 0 radical (unpaired) electrons. The molecule has 0 spiro atoms. The summed E-state index contributed by atoms with van der Waals surface area (Å²) in [5.41, 5.74) is 4.03. The molecule has 0 saturated carbocycles. The van der Waals surface area contributed by atoms with E-state index in [9.17, 15) is 20.2 Å². The minimum absolute atomic E-state index is 0.0263. The van der Waals surface area contributed by atoms with E-state index in [0.717, 1.165) is 6.07 Å². The monoisotopic (exact) mass is 227 g/mol. The van der Waals surface area contributed by atoms with Crippen LogP contribution in [0.15, 0.2) is 12.1 Å². The number of anilines is 1. The maximum absolute atomic E-state index is 10.7. The van der Waals surface area contributed by atoms with Gasteiger partial charge in [0.25, 0.3) is 5.69 Å². The third kappa shape index (κ3) is 2.06. The third-order valence-corrected chi connectivity index (χ3v) is 2.04. The van der Waals surface area contributed by atoms with Crippen molar-refractivity contribution in [2.24, 2.45) is 0 Å². The fourth-order valence-corrected chi connectivity index (χ4v) is 1.34. The molecule has 0 aliphatic heterocycles. The second-order valence-electron chi connectivity index (χ2n) is 2.99. The molecule has 0 aliphatic rings. The molecule has 0 heterocycles. The normalized spacial score (nSPS) is 10.1. The second-order valence-corrected chi connectivity index (χ2v) is 2.99. The van der Waals surface area contributed by atoms with Crippen LogP contribution in [0.1, 0.15) is 5.56 Å². The van der Waals surface area contributed by atoms with Crippen LogP contribution in [0.3, 0.4) is 0 Å². The Bertz CT molecular complexity index is 446. The molecule has 0 saturated heterocycles. The van der Waals surface area contributed by atoms with E-state index >= 15 is 0 Å². The van der Waals surface area contributed by atoms with Crippen molar-refractivity contribution in [2.45, 2.75) is 6.42 Å². The Morgan fingerprint density at radius 2 is 1.88 bits per heavy atom. The van der Waals surface area contributed by atoms with Crippen molar-refractivity contribution in [3.05, 3.63) is 37.9 Å². The number of nitro benzene ring substituents is 2. The molecule has 3 N–H and O–H groups in total. The van der Waals surface area contributed by atoms with Gasteiger partial charge in [0.15, 0.2) is 5.69 Å². The third-order valence-electron chi connectivity index (χ3n) is 2.04. The minimum Gasteiger partial charge on any atom is -0.396 e. The average Bonchev–Trinajstić information content (AvgIpc) is 2.17. The SMILES string of the molecule is Nc1c([N+](=O)[O-])ccc(CCO)c1[N+](=O)[O-]. The smallest absolute Gasteiger partial charge is 0.302 e. The summed E-state index contributed by atoms with van der Waals surface area (Å²) in [4.78, 5) is 19.7. The van der Waals surface area contributed by atoms with Gasteiger partial charge in [0.05, 0.1) is 9.85 Å². The quantitative estimate of drug-likeness (QED) is 0.440. The Morgan fingerprint density at radius 1 is 1.25 bits per heavy atom. The van der Waals surface area contributed by atoms with Crippen LogP contribution in [0, 0.1) is 20.2 Å². The highest BCUT2D eigenvalue weighted by molar-refractivity contribution is 5.73. The topological polar surface area (TPSA) is 133 Å². The van der Waals surface area contributed by atoms with Gasteiger partial charge < -0.3 is 10.8 Å². The summed E-state index contributed by atoms with van der Waals surface area (Å²) in [6.07, 6.45) is 0.0263. The zero-order valence-corrected chi connectivity index (χ0v) is 8.12. The number of nitrogens with two attached hydrogens (primary N) is 1. The van der Waals surface area contributed by atoms with Gasteiger partial charge in [0, 0.05) is 24.7 Å². The van der Waals surface area contributed by atoms with Crippen molar-refractivity contribution in [1.29, 1.82) is 0 Å². The van der Waals surface area contributed by atoms with Gasteiger partial charge in [-0.25, -0.2) is 0 Å². The number of hydrogen-bond donors (Lipinski definition) is 2. The fraction of sp³-hybridized carbons (Fsp3) is 0.250. The van der Waals surface area contributed by atoms with Crippen LogP contribution in [0.5, 0.6) is 0 Å². The number of rotatable bonds is 4. The van der Waals surface area contributed by atoms with Crippen molar-refractivity contribution in [1.82, 2.24) is 0 Å². The summed E-state index contributed by atoms with van der Waals surface area (Å²) in [5.74, 6) is 0. The zero-order chi connectivity index (χ0) is 12.3. The molecule has 0 amide bonds. The summed E-state index contributed by atoms with van der Waals surface area (Å²) in [6, 6.07) is 2.32. The Kier molecular flexibility index (Phi) is 3.36. The molecule has 0 aromatic heterocycles. The molecule has 0 bridgehead atoms. The highest BCUT2D eigenvalue weighted by Crippen LogP contribution is 2.34. The van der Waals surface area contributed by atoms with Crippen LogP contribution in [0.4, 0.5) is 17.1 Å². The van der Waals surface area contributed by atoms with Gasteiger partial charge in [-0.3, -0.25) is 20.2 Å². The van der Waals surface area contributed by atoms with E-state index in [2.05, 4.69) is 0 Å². The highest BCUT2D eigenvalue weighted by atomic mass is 16.6. The lowest BCUT2D eigenvalue weighted by atomic mass is 10.1. The molecule has 0 unspecified atom stereocenters. The predicted octanol–water partition coefficient (Wildman–Crippen LogP) is 0.620. The van der Waals surface area contributed by atoms with Gasteiger partial charge in [0.2, 0.25) is 0 Å². The standard InChI is InChI=1S/C8H9N3O5/c9-7-6(10(13)14)2-1-5(3-4-12)8(7)11(15)16/h1-2,12H,3-4,9H2. The van der Waals surface area contributed by atoms with Crippen LogP contribution >= 0.6 is 0 Å². The van der Waals surface area contributed by atoms with Gasteiger partial charge in [-0.2, -0.15) is 0 Å². The summed E-state index contributed by atoms with van der Waals surface area (Å²) >= 11 is 0. The first-order chi connectivity index (χ1) is 7.49. The van der Waals surface area contributed by atoms with Gasteiger partial charge in [-0.15, -0.1) is 0 Å². The largest absolute Gasteiger partial charge is 0.396 e. The maximum atomic E-state index is 10.7. The molecule has 8 heteroatoms. The molecule has 1 rings (SSSR count). The summed E-state index contributed by atoms with van der Waals surface area (Å²) in [6.45, 7) is -0.294. The summed E-state index contributed by atoms with van der Waals surface area (Å²) in [5, 5.41) is 29.9. The van der Waals surface area contributed by atoms with Gasteiger partial charge in [0.1, 0.15) is 0 Å². The fourth-order valence-electron chi connectivity index (χ4n) is 1.34. The van der Waals surface area contributed by atoms with Crippen LogP contribution in [-0.4, -0.2) is 21.6 Å². The van der Waals surface area contributed by atoms with Crippen molar-refractivity contribution in [3.63, 3.8) is 0 Å². The average molecular weight is 227 g/mol. The molecule has 0 aliphatic carbocycles.